The standard InChI is InChI=1S/C12H23F3N4/c1-3-19(10-4-5-10)9-8-18-11(16-2)17-7-6-12(13,14)15/h10H,3-9H2,1-2H3,(H2,16,17,18). The highest BCUT2D eigenvalue weighted by atomic mass is 19.4. The summed E-state index contributed by atoms with van der Waals surface area (Å²) >= 11 is 0. The second kappa shape index (κ2) is 7.57. The Balaban J connectivity index is 2.14. The third-order valence-corrected chi connectivity index (χ3v) is 3.09. The molecule has 0 unspecified atom stereocenters. The molecular weight excluding hydrogens is 257 g/mol. The molecule has 112 valence electrons. The number of guanidine groups is 1. The molecule has 0 atom stereocenters. The lowest BCUT2D eigenvalue weighted by Crippen LogP contribution is -2.42. The van der Waals surface area contributed by atoms with Gasteiger partial charge >= 0.3 is 6.18 Å². The number of nitrogens with zero attached hydrogens (tertiary/aromatic N) is 2. The summed E-state index contributed by atoms with van der Waals surface area (Å²) in [5.74, 6) is 0.427. The number of hydrogen-bond donors (Lipinski definition) is 2. The molecule has 0 spiro atoms. The van der Waals surface area contributed by atoms with Gasteiger partial charge in [-0.2, -0.15) is 13.2 Å². The van der Waals surface area contributed by atoms with Crippen LogP contribution in [0.25, 0.3) is 0 Å². The maximum Gasteiger partial charge on any atom is 0.390 e. The van der Waals surface area contributed by atoms with Crippen molar-refractivity contribution < 1.29 is 13.2 Å². The zero-order chi connectivity index (χ0) is 14.3. The third kappa shape index (κ3) is 7.25. The van der Waals surface area contributed by atoms with Crippen molar-refractivity contribution in [3.05, 3.63) is 0 Å². The van der Waals surface area contributed by atoms with Crippen LogP contribution in [0.4, 0.5) is 13.2 Å². The Morgan fingerprint density at radius 3 is 2.37 bits per heavy atom. The Hall–Kier alpha value is -0.980. The lowest BCUT2D eigenvalue weighted by Gasteiger charge is -2.20. The lowest BCUT2D eigenvalue weighted by molar-refractivity contribution is -0.132. The van der Waals surface area contributed by atoms with E-state index < -0.39 is 12.6 Å². The van der Waals surface area contributed by atoms with Crippen molar-refractivity contribution in [3.63, 3.8) is 0 Å². The molecule has 0 amide bonds. The molecule has 0 saturated heterocycles. The Morgan fingerprint density at radius 1 is 1.26 bits per heavy atom. The number of aliphatic imine (C=N–C) groups is 1. The second-order valence-electron chi connectivity index (χ2n) is 4.65. The van der Waals surface area contributed by atoms with E-state index in [9.17, 15) is 13.2 Å². The lowest BCUT2D eigenvalue weighted by atomic mass is 10.4. The van der Waals surface area contributed by atoms with Gasteiger partial charge in [-0.3, -0.25) is 9.89 Å². The molecule has 0 heterocycles. The average molecular weight is 280 g/mol. The minimum absolute atomic E-state index is 0.150. The van der Waals surface area contributed by atoms with Crippen LogP contribution >= 0.6 is 0 Å². The number of alkyl halides is 3. The Kier molecular flexibility index (Phi) is 6.41. The minimum Gasteiger partial charge on any atom is -0.356 e. The smallest absolute Gasteiger partial charge is 0.356 e. The maximum atomic E-state index is 12.0. The maximum absolute atomic E-state index is 12.0. The second-order valence-corrected chi connectivity index (χ2v) is 4.65. The molecule has 1 aliphatic rings. The first-order chi connectivity index (χ1) is 8.96. The Bertz CT molecular complexity index is 287. The normalized spacial score (nSPS) is 16.8. The Morgan fingerprint density at radius 2 is 1.89 bits per heavy atom. The van der Waals surface area contributed by atoms with E-state index in [4.69, 9.17) is 0 Å². The molecule has 0 aromatic heterocycles. The molecule has 0 bridgehead atoms. The van der Waals surface area contributed by atoms with Gasteiger partial charge in [0, 0.05) is 32.7 Å². The zero-order valence-corrected chi connectivity index (χ0v) is 11.6. The van der Waals surface area contributed by atoms with Crippen molar-refractivity contribution in [3.8, 4) is 0 Å². The molecule has 1 fully saturated rings. The van der Waals surface area contributed by atoms with Crippen LogP contribution < -0.4 is 10.6 Å². The quantitative estimate of drug-likeness (QED) is 0.549. The van der Waals surface area contributed by atoms with Gasteiger partial charge in [0.2, 0.25) is 0 Å². The first-order valence-electron chi connectivity index (χ1n) is 6.71. The van der Waals surface area contributed by atoms with Crippen LogP contribution in [0.1, 0.15) is 26.2 Å². The Labute approximate surface area is 112 Å². The van der Waals surface area contributed by atoms with Gasteiger partial charge in [0.25, 0.3) is 0 Å². The first-order valence-corrected chi connectivity index (χ1v) is 6.71. The van der Waals surface area contributed by atoms with Crippen molar-refractivity contribution in [2.24, 2.45) is 4.99 Å². The molecule has 0 radical (unpaired) electrons. The predicted molar refractivity (Wildman–Crippen MR) is 70.3 cm³/mol. The van der Waals surface area contributed by atoms with E-state index in [-0.39, 0.29) is 6.54 Å². The zero-order valence-electron chi connectivity index (χ0n) is 11.6. The van der Waals surface area contributed by atoms with E-state index >= 15 is 0 Å². The number of hydrogen-bond acceptors (Lipinski definition) is 2. The SMILES string of the molecule is CCN(CCNC(=NC)NCCC(F)(F)F)C1CC1. The van der Waals surface area contributed by atoms with E-state index in [1.54, 1.807) is 7.05 Å². The van der Waals surface area contributed by atoms with Crippen LogP contribution in [-0.2, 0) is 0 Å². The molecular formula is C12H23F3N4. The van der Waals surface area contributed by atoms with Crippen molar-refractivity contribution >= 4 is 5.96 Å². The van der Waals surface area contributed by atoms with Gasteiger partial charge in [-0.1, -0.05) is 6.92 Å². The van der Waals surface area contributed by atoms with Crippen molar-refractivity contribution in [1.29, 1.82) is 0 Å². The number of likely N-dealkylation sites (N-methyl/N-ethyl adjacent to an activating group) is 1. The van der Waals surface area contributed by atoms with Crippen LogP contribution in [0.2, 0.25) is 0 Å². The van der Waals surface area contributed by atoms with Crippen LogP contribution in [0.3, 0.4) is 0 Å². The molecule has 19 heavy (non-hydrogen) atoms. The van der Waals surface area contributed by atoms with Crippen molar-refractivity contribution in [2.75, 3.05) is 33.2 Å². The molecule has 1 rings (SSSR count). The van der Waals surface area contributed by atoms with Gasteiger partial charge < -0.3 is 10.6 Å². The summed E-state index contributed by atoms with van der Waals surface area (Å²) in [6.45, 7) is 4.56. The highest BCUT2D eigenvalue weighted by Crippen LogP contribution is 2.25. The number of rotatable bonds is 7. The predicted octanol–water partition coefficient (Wildman–Crippen LogP) is 1.59. The van der Waals surface area contributed by atoms with E-state index in [0.29, 0.717) is 18.5 Å². The van der Waals surface area contributed by atoms with E-state index in [2.05, 4.69) is 27.4 Å². The fourth-order valence-electron chi connectivity index (χ4n) is 1.90. The van der Waals surface area contributed by atoms with Crippen molar-refractivity contribution in [2.45, 2.75) is 38.4 Å². The molecule has 1 aliphatic carbocycles. The van der Waals surface area contributed by atoms with Gasteiger partial charge in [-0.15, -0.1) is 0 Å². The molecule has 7 heteroatoms. The summed E-state index contributed by atoms with van der Waals surface area (Å²) in [5.41, 5.74) is 0. The molecule has 0 aromatic rings. The van der Waals surface area contributed by atoms with E-state index in [0.717, 1.165) is 13.1 Å². The van der Waals surface area contributed by atoms with Crippen LogP contribution in [0.5, 0.6) is 0 Å². The first kappa shape index (κ1) is 16.1. The largest absolute Gasteiger partial charge is 0.390 e. The summed E-state index contributed by atoms with van der Waals surface area (Å²) < 4.78 is 36.0. The van der Waals surface area contributed by atoms with Gasteiger partial charge in [-0.05, 0) is 19.4 Å². The third-order valence-electron chi connectivity index (χ3n) is 3.09. The minimum atomic E-state index is -4.13. The summed E-state index contributed by atoms with van der Waals surface area (Å²) in [7, 11) is 1.56. The van der Waals surface area contributed by atoms with Gasteiger partial charge in [-0.25, -0.2) is 0 Å². The highest BCUT2D eigenvalue weighted by molar-refractivity contribution is 5.79. The summed E-state index contributed by atoms with van der Waals surface area (Å²) in [6.07, 6.45) is -2.47. The number of nitrogens with one attached hydrogen (secondary N) is 2. The van der Waals surface area contributed by atoms with E-state index in [1.165, 1.54) is 12.8 Å². The fourth-order valence-corrected chi connectivity index (χ4v) is 1.90. The summed E-state index contributed by atoms with van der Waals surface area (Å²) in [5, 5.41) is 5.70. The van der Waals surface area contributed by atoms with Crippen molar-refractivity contribution in [1.82, 2.24) is 15.5 Å². The number of halogens is 3. The van der Waals surface area contributed by atoms with E-state index in [1.807, 2.05) is 0 Å². The average Bonchev–Trinajstić information content (AvgIpc) is 3.15. The molecule has 0 aliphatic heterocycles. The summed E-state index contributed by atoms with van der Waals surface area (Å²) in [4.78, 5) is 6.27. The van der Waals surface area contributed by atoms with Gasteiger partial charge in [0.05, 0.1) is 6.42 Å². The topological polar surface area (TPSA) is 39.7 Å². The van der Waals surface area contributed by atoms with Gasteiger partial charge in [0.15, 0.2) is 5.96 Å². The highest BCUT2D eigenvalue weighted by Gasteiger charge is 2.27. The van der Waals surface area contributed by atoms with Crippen LogP contribution in [-0.4, -0.2) is 56.3 Å². The molecule has 0 aromatic carbocycles. The molecule has 1 saturated carbocycles. The fraction of sp³-hybridized carbons (Fsp3) is 0.917. The summed E-state index contributed by atoms with van der Waals surface area (Å²) in [6, 6.07) is 0.701. The van der Waals surface area contributed by atoms with Crippen LogP contribution in [0.15, 0.2) is 4.99 Å². The molecule has 4 nitrogen and oxygen atoms in total. The monoisotopic (exact) mass is 280 g/mol. The van der Waals surface area contributed by atoms with Crippen LogP contribution in [0, 0.1) is 0 Å². The molecule has 2 N–H and O–H groups in total. The van der Waals surface area contributed by atoms with Gasteiger partial charge in [0.1, 0.15) is 0 Å².